The zero-order valence-corrected chi connectivity index (χ0v) is 9.14. The van der Waals surface area contributed by atoms with E-state index >= 15 is 0 Å². The summed E-state index contributed by atoms with van der Waals surface area (Å²) in [6.07, 6.45) is -1.14. The molecule has 5 nitrogen and oxygen atoms in total. The second kappa shape index (κ2) is 6.78. The molecule has 0 spiro atoms. The van der Waals surface area contributed by atoms with Crippen LogP contribution in [-0.2, 0) is 14.4 Å². The second-order valence-electron chi connectivity index (χ2n) is 1.58. The maximum atomic E-state index is 10.1. The molecular weight excluding hydrogens is 228 g/mol. The SMILES string of the molecule is O=C([O-])CCC(=O)C(=O)[O-].[Sr+2]. The van der Waals surface area contributed by atoms with Crippen molar-refractivity contribution in [2.75, 3.05) is 0 Å². The third-order valence-corrected chi connectivity index (χ3v) is 0.784. The number of carbonyl (C=O) groups is 3. The van der Waals surface area contributed by atoms with Crippen molar-refractivity contribution in [3.63, 3.8) is 0 Å². The van der Waals surface area contributed by atoms with Gasteiger partial charge in [0, 0.05) is 12.4 Å². The number of ketones is 1. The summed E-state index contributed by atoms with van der Waals surface area (Å²) >= 11 is 0. The molecule has 0 saturated carbocycles. The molecule has 0 heterocycles. The average molecular weight is 232 g/mol. The zero-order chi connectivity index (χ0) is 8.15. The van der Waals surface area contributed by atoms with Gasteiger partial charge in [-0.3, -0.25) is 4.79 Å². The molecule has 0 aliphatic carbocycles. The van der Waals surface area contributed by atoms with Crippen LogP contribution in [0.25, 0.3) is 0 Å². The Morgan fingerprint density at radius 3 is 1.73 bits per heavy atom. The Labute approximate surface area is 99.7 Å². The molecule has 0 aromatic rings. The van der Waals surface area contributed by atoms with Crippen molar-refractivity contribution in [3.05, 3.63) is 0 Å². The number of hydrogen-bond donors (Lipinski definition) is 0. The van der Waals surface area contributed by atoms with Gasteiger partial charge in [-0.15, -0.1) is 0 Å². The number of carboxylic acids is 2. The summed E-state index contributed by atoms with van der Waals surface area (Å²) in [5.41, 5.74) is 0. The van der Waals surface area contributed by atoms with Crippen LogP contribution in [0.2, 0.25) is 0 Å². The fraction of sp³-hybridized carbons (Fsp3) is 0.400. The van der Waals surface area contributed by atoms with Crippen molar-refractivity contribution in [3.8, 4) is 0 Å². The summed E-state index contributed by atoms with van der Waals surface area (Å²) < 4.78 is 0. The van der Waals surface area contributed by atoms with Crippen molar-refractivity contribution >= 4 is 63.2 Å². The van der Waals surface area contributed by atoms with Crippen molar-refractivity contribution in [2.45, 2.75) is 12.8 Å². The first-order chi connectivity index (χ1) is 4.54. The number of hydrogen-bond acceptors (Lipinski definition) is 5. The van der Waals surface area contributed by atoms with Gasteiger partial charge in [-0.25, -0.2) is 0 Å². The summed E-state index contributed by atoms with van der Waals surface area (Å²) in [6, 6.07) is 0. The molecule has 0 rings (SSSR count). The minimum atomic E-state index is -1.86. The third kappa shape index (κ3) is 7.99. The third-order valence-electron chi connectivity index (χ3n) is 0.784. The molecule has 0 aliphatic heterocycles. The molecule has 0 aromatic carbocycles. The summed E-state index contributed by atoms with van der Waals surface area (Å²) in [7, 11) is 0. The Balaban J connectivity index is 0. The monoisotopic (exact) mass is 232 g/mol. The molecule has 0 aromatic heterocycles. The van der Waals surface area contributed by atoms with Gasteiger partial charge in [0.05, 0.1) is 0 Å². The summed E-state index contributed by atoms with van der Waals surface area (Å²) in [5, 5.41) is 19.3. The average Bonchev–Trinajstić information content (AvgIpc) is 1.82. The first-order valence-electron chi connectivity index (χ1n) is 2.48. The maximum Gasteiger partial charge on any atom is 2.00 e. The number of Topliss-reactive ketones (excluding diaryl/α,β-unsaturated/α-hetero) is 1. The van der Waals surface area contributed by atoms with Crippen molar-refractivity contribution < 1.29 is 24.6 Å². The van der Waals surface area contributed by atoms with Crippen LogP contribution in [0, 0.1) is 0 Å². The van der Waals surface area contributed by atoms with Crippen LogP contribution in [0.15, 0.2) is 0 Å². The predicted octanol–water partition coefficient (Wildman–Crippen LogP) is -3.55. The van der Waals surface area contributed by atoms with E-state index in [0.29, 0.717) is 0 Å². The first-order valence-corrected chi connectivity index (χ1v) is 2.48. The van der Waals surface area contributed by atoms with Crippen LogP contribution in [0.1, 0.15) is 12.8 Å². The molecule has 0 aliphatic rings. The molecule has 0 fully saturated rings. The Bertz CT molecular complexity index is 176. The van der Waals surface area contributed by atoms with Crippen LogP contribution in [0.3, 0.4) is 0 Å². The minimum absolute atomic E-state index is 0. The van der Waals surface area contributed by atoms with Gasteiger partial charge in [0.15, 0.2) is 5.78 Å². The Kier molecular flexibility index (Phi) is 8.42. The van der Waals surface area contributed by atoms with E-state index in [9.17, 15) is 24.6 Å². The van der Waals surface area contributed by atoms with Crippen LogP contribution in [-0.4, -0.2) is 63.2 Å². The fourth-order valence-corrected chi connectivity index (χ4v) is 0.318. The van der Waals surface area contributed by atoms with E-state index in [1.165, 1.54) is 0 Å². The predicted molar refractivity (Wildman–Crippen MR) is 30.0 cm³/mol. The van der Waals surface area contributed by atoms with E-state index in [2.05, 4.69) is 0 Å². The summed E-state index contributed by atoms with van der Waals surface area (Å²) in [4.78, 5) is 29.4. The van der Waals surface area contributed by atoms with Crippen molar-refractivity contribution in [1.82, 2.24) is 0 Å². The van der Waals surface area contributed by atoms with Crippen LogP contribution >= 0.6 is 0 Å². The Hall–Kier alpha value is 0.0905. The molecular formula is C5H4O5Sr. The molecule has 0 bridgehead atoms. The first kappa shape index (κ1) is 13.7. The molecule has 0 unspecified atom stereocenters. The minimum Gasteiger partial charge on any atom is -0.550 e. The molecule has 0 amide bonds. The molecule has 6 heteroatoms. The molecule has 0 saturated heterocycles. The van der Waals surface area contributed by atoms with Gasteiger partial charge >= 0.3 is 45.5 Å². The Morgan fingerprint density at radius 2 is 1.45 bits per heavy atom. The number of aliphatic carboxylic acids is 2. The summed E-state index contributed by atoms with van der Waals surface area (Å²) in [5.74, 6) is -4.53. The maximum absolute atomic E-state index is 10.1. The molecule has 56 valence electrons. The van der Waals surface area contributed by atoms with Crippen molar-refractivity contribution in [2.24, 2.45) is 0 Å². The van der Waals surface area contributed by atoms with Crippen LogP contribution in [0.5, 0.6) is 0 Å². The quantitative estimate of drug-likeness (QED) is 0.369. The van der Waals surface area contributed by atoms with E-state index in [-0.39, 0.29) is 45.5 Å². The number of carbonyl (C=O) groups excluding carboxylic acids is 3. The van der Waals surface area contributed by atoms with Gasteiger partial charge in [-0.2, -0.15) is 0 Å². The van der Waals surface area contributed by atoms with Gasteiger partial charge in [-0.1, -0.05) is 0 Å². The van der Waals surface area contributed by atoms with E-state index < -0.39 is 30.6 Å². The van der Waals surface area contributed by atoms with E-state index in [4.69, 9.17) is 0 Å². The van der Waals surface area contributed by atoms with Gasteiger partial charge in [0.2, 0.25) is 0 Å². The van der Waals surface area contributed by atoms with Crippen molar-refractivity contribution in [1.29, 1.82) is 0 Å². The zero-order valence-electron chi connectivity index (χ0n) is 5.66. The second-order valence-corrected chi connectivity index (χ2v) is 1.58. The van der Waals surface area contributed by atoms with Gasteiger partial charge < -0.3 is 19.8 Å². The molecule has 0 N–H and O–H groups in total. The van der Waals surface area contributed by atoms with Crippen LogP contribution < -0.4 is 10.2 Å². The van der Waals surface area contributed by atoms with Gasteiger partial charge in [0.25, 0.3) is 0 Å². The van der Waals surface area contributed by atoms with E-state index in [1.54, 1.807) is 0 Å². The Morgan fingerprint density at radius 1 is 1.00 bits per heavy atom. The normalized spacial score (nSPS) is 8.00. The van der Waals surface area contributed by atoms with E-state index in [0.717, 1.165) is 0 Å². The smallest absolute Gasteiger partial charge is 0.550 e. The molecule has 0 atom stereocenters. The molecule has 0 radical (unpaired) electrons. The standard InChI is InChI=1S/C5H6O5.Sr/c6-3(5(9)10)1-2-4(7)8;/h1-2H2,(H,7,8)(H,9,10);/q;+2/p-2. The van der Waals surface area contributed by atoms with Crippen LogP contribution in [0.4, 0.5) is 0 Å². The fourth-order valence-electron chi connectivity index (χ4n) is 0.318. The largest absolute Gasteiger partial charge is 2.00 e. The van der Waals surface area contributed by atoms with E-state index in [1.807, 2.05) is 0 Å². The summed E-state index contributed by atoms with van der Waals surface area (Å²) in [6.45, 7) is 0. The van der Waals surface area contributed by atoms with Gasteiger partial charge in [0.1, 0.15) is 5.97 Å². The molecule has 11 heavy (non-hydrogen) atoms. The van der Waals surface area contributed by atoms with Gasteiger partial charge in [-0.05, 0) is 6.42 Å². The number of rotatable bonds is 4. The number of carboxylic acid groups (broad SMARTS) is 2. The topological polar surface area (TPSA) is 97.3 Å².